The first kappa shape index (κ1) is 15.4. The van der Waals surface area contributed by atoms with E-state index < -0.39 is 16.8 Å². The lowest BCUT2D eigenvalue weighted by atomic mass is 10.4. The maximum Gasteiger partial charge on any atom is 0.254 e. The van der Waals surface area contributed by atoms with E-state index in [2.05, 4.69) is 51.1 Å². The molecule has 0 aromatic heterocycles. The van der Waals surface area contributed by atoms with E-state index >= 15 is 0 Å². The molecule has 0 aliphatic rings. The van der Waals surface area contributed by atoms with Gasteiger partial charge in [0, 0.05) is 0 Å². The van der Waals surface area contributed by atoms with Crippen molar-refractivity contribution in [3.63, 3.8) is 0 Å². The van der Waals surface area contributed by atoms with Gasteiger partial charge >= 0.3 is 0 Å². The quantitative estimate of drug-likeness (QED) is 0.637. The van der Waals surface area contributed by atoms with E-state index in [9.17, 15) is 0 Å². The highest BCUT2D eigenvalue weighted by Gasteiger charge is 2.34. The van der Waals surface area contributed by atoms with Crippen LogP contribution in [0.25, 0.3) is 0 Å². The fraction of sp³-hybridized carbons (Fsp3) is 1.00. The third kappa shape index (κ3) is 6.50. The lowest BCUT2D eigenvalue weighted by Gasteiger charge is -2.40. The van der Waals surface area contributed by atoms with Crippen LogP contribution in [-0.2, 0) is 4.12 Å². The second-order valence-electron chi connectivity index (χ2n) is 5.65. The lowest BCUT2D eigenvalue weighted by Crippen LogP contribution is -2.56. The zero-order valence-corrected chi connectivity index (χ0v) is 13.7. The van der Waals surface area contributed by atoms with Crippen molar-refractivity contribution in [2.24, 2.45) is 0 Å². The van der Waals surface area contributed by atoms with E-state index in [-0.39, 0.29) is 0 Å². The summed E-state index contributed by atoms with van der Waals surface area (Å²) < 4.78 is 9.00. The highest BCUT2D eigenvalue weighted by atomic mass is 28.4. The second-order valence-corrected chi connectivity index (χ2v) is 14.2. The molecular weight excluding hydrogens is 218 g/mol. The molecule has 0 aromatic rings. The standard InChI is InChI=1S/C11H29NOSi2/c1-8-10-12(11-9-2)15(6,7)13-14(3,4)5/h8-11H2,1-7H3. The van der Waals surface area contributed by atoms with Crippen molar-refractivity contribution in [3.05, 3.63) is 0 Å². The molecule has 0 spiro atoms. The molecule has 0 saturated carbocycles. The van der Waals surface area contributed by atoms with Gasteiger partial charge in [-0.05, 0) is 58.7 Å². The fourth-order valence-corrected chi connectivity index (χ4v) is 10.0. The van der Waals surface area contributed by atoms with Gasteiger partial charge in [0.25, 0.3) is 8.48 Å². The summed E-state index contributed by atoms with van der Waals surface area (Å²) in [6.45, 7) is 18.4. The average Bonchev–Trinajstić information content (AvgIpc) is 1.99. The molecule has 0 radical (unpaired) electrons. The summed E-state index contributed by atoms with van der Waals surface area (Å²) in [5, 5.41) is 0. The fourth-order valence-electron chi connectivity index (χ4n) is 2.00. The predicted molar refractivity (Wildman–Crippen MR) is 74.1 cm³/mol. The van der Waals surface area contributed by atoms with Gasteiger partial charge in [-0.1, -0.05) is 13.8 Å². The minimum Gasteiger partial charge on any atom is -0.445 e. The lowest BCUT2D eigenvalue weighted by molar-refractivity contribution is 0.347. The summed E-state index contributed by atoms with van der Waals surface area (Å²) in [5.41, 5.74) is 0. The molecule has 15 heavy (non-hydrogen) atoms. The summed E-state index contributed by atoms with van der Waals surface area (Å²) in [6.07, 6.45) is 2.46. The Morgan fingerprint density at radius 1 is 0.867 bits per heavy atom. The Labute approximate surface area is 98.4 Å². The van der Waals surface area contributed by atoms with E-state index in [1.54, 1.807) is 0 Å². The molecule has 0 aliphatic carbocycles. The Morgan fingerprint density at radius 2 is 1.27 bits per heavy atom. The van der Waals surface area contributed by atoms with Crippen LogP contribution in [0.4, 0.5) is 0 Å². The van der Waals surface area contributed by atoms with E-state index in [4.69, 9.17) is 4.12 Å². The number of hydrogen-bond donors (Lipinski definition) is 0. The number of hydrogen-bond acceptors (Lipinski definition) is 2. The largest absolute Gasteiger partial charge is 0.445 e. The Morgan fingerprint density at radius 3 is 1.53 bits per heavy atom. The van der Waals surface area contributed by atoms with E-state index in [0.717, 1.165) is 0 Å². The van der Waals surface area contributed by atoms with Crippen LogP contribution < -0.4 is 0 Å². The van der Waals surface area contributed by atoms with Gasteiger partial charge in [-0.15, -0.1) is 0 Å². The molecule has 4 heteroatoms. The topological polar surface area (TPSA) is 12.5 Å². The third-order valence-corrected chi connectivity index (χ3v) is 8.72. The van der Waals surface area contributed by atoms with Gasteiger partial charge in [0.15, 0.2) is 8.32 Å². The molecule has 0 N–H and O–H groups in total. The van der Waals surface area contributed by atoms with Crippen LogP contribution in [0.3, 0.4) is 0 Å². The minimum atomic E-state index is -1.62. The van der Waals surface area contributed by atoms with Crippen molar-refractivity contribution in [2.75, 3.05) is 13.1 Å². The van der Waals surface area contributed by atoms with Crippen molar-refractivity contribution in [1.82, 2.24) is 4.57 Å². The van der Waals surface area contributed by atoms with Crippen LogP contribution in [0.1, 0.15) is 26.7 Å². The molecular formula is C11H29NOSi2. The van der Waals surface area contributed by atoms with Gasteiger partial charge in [0.2, 0.25) is 0 Å². The molecule has 0 rings (SSSR count). The molecule has 0 amide bonds. The molecule has 0 heterocycles. The highest BCUT2D eigenvalue weighted by molar-refractivity contribution is 6.82. The summed E-state index contributed by atoms with van der Waals surface area (Å²) in [6, 6.07) is 0. The molecule has 0 unspecified atom stereocenters. The monoisotopic (exact) mass is 247 g/mol. The molecule has 0 aromatic carbocycles. The van der Waals surface area contributed by atoms with Gasteiger partial charge in [-0.3, -0.25) is 0 Å². The molecule has 0 fully saturated rings. The van der Waals surface area contributed by atoms with Crippen LogP contribution in [0.15, 0.2) is 0 Å². The molecule has 0 aliphatic heterocycles. The van der Waals surface area contributed by atoms with Crippen molar-refractivity contribution < 1.29 is 4.12 Å². The maximum absolute atomic E-state index is 6.40. The number of rotatable bonds is 7. The Bertz CT molecular complexity index is 172. The van der Waals surface area contributed by atoms with Crippen molar-refractivity contribution in [1.29, 1.82) is 0 Å². The van der Waals surface area contributed by atoms with Gasteiger partial charge in [-0.25, -0.2) is 0 Å². The summed E-state index contributed by atoms with van der Waals surface area (Å²) in [4.78, 5) is 0. The molecule has 0 atom stereocenters. The van der Waals surface area contributed by atoms with Crippen LogP contribution in [0.5, 0.6) is 0 Å². The number of nitrogens with zero attached hydrogens (tertiary/aromatic N) is 1. The zero-order valence-electron chi connectivity index (χ0n) is 11.7. The Hall–Kier alpha value is 0.354. The summed E-state index contributed by atoms with van der Waals surface area (Å²) >= 11 is 0. The normalized spacial score (nSPS) is 13.6. The smallest absolute Gasteiger partial charge is 0.254 e. The third-order valence-electron chi connectivity index (χ3n) is 2.30. The van der Waals surface area contributed by atoms with Crippen LogP contribution in [-0.4, -0.2) is 34.5 Å². The van der Waals surface area contributed by atoms with Gasteiger partial charge in [0.1, 0.15) is 0 Å². The van der Waals surface area contributed by atoms with Crippen molar-refractivity contribution in [3.8, 4) is 0 Å². The highest BCUT2D eigenvalue weighted by Crippen LogP contribution is 2.18. The zero-order chi connectivity index (χ0) is 12.1. The Kier molecular flexibility index (Phi) is 6.32. The molecule has 0 saturated heterocycles. The first-order chi connectivity index (χ1) is 6.73. The SMILES string of the molecule is CCCN(CCC)[Si](C)(C)O[Si](C)(C)C. The Balaban J connectivity index is 4.47. The molecule has 2 nitrogen and oxygen atoms in total. The maximum atomic E-state index is 6.40. The van der Waals surface area contributed by atoms with Gasteiger partial charge in [0.05, 0.1) is 0 Å². The minimum absolute atomic E-state index is 1.19. The average molecular weight is 248 g/mol. The summed E-state index contributed by atoms with van der Waals surface area (Å²) in [7, 11) is -3.01. The van der Waals surface area contributed by atoms with E-state index in [1.807, 2.05) is 0 Å². The summed E-state index contributed by atoms with van der Waals surface area (Å²) in [5.74, 6) is 0. The first-order valence-electron chi connectivity index (χ1n) is 6.18. The van der Waals surface area contributed by atoms with Crippen LogP contribution >= 0.6 is 0 Å². The molecule has 92 valence electrons. The van der Waals surface area contributed by atoms with Crippen molar-refractivity contribution >= 4 is 16.8 Å². The second kappa shape index (κ2) is 6.18. The van der Waals surface area contributed by atoms with E-state index in [1.165, 1.54) is 25.9 Å². The van der Waals surface area contributed by atoms with Gasteiger partial charge in [-0.2, -0.15) is 0 Å². The van der Waals surface area contributed by atoms with Crippen LogP contribution in [0, 0.1) is 0 Å². The predicted octanol–water partition coefficient (Wildman–Crippen LogP) is 3.66. The van der Waals surface area contributed by atoms with Gasteiger partial charge < -0.3 is 8.68 Å². The van der Waals surface area contributed by atoms with E-state index in [0.29, 0.717) is 0 Å². The van der Waals surface area contributed by atoms with Crippen molar-refractivity contribution in [2.45, 2.75) is 59.4 Å². The molecule has 0 bridgehead atoms. The first-order valence-corrected chi connectivity index (χ1v) is 12.4. The van der Waals surface area contributed by atoms with Crippen LogP contribution in [0.2, 0.25) is 32.7 Å².